The van der Waals surface area contributed by atoms with Gasteiger partial charge in [-0.15, -0.1) is 0 Å². The van der Waals surface area contributed by atoms with Crippen molar-refractivity contribution >= 4 is 0 Å². The first-order valence-corrected chi connectivity index (χ1v) is 8.62. The molecule has 3 aromatic rings. The molecule has 2 heterocycles. The zero-order chi connectivity index (χ0) is 18.4. The second-order valence-electron chi connectivity index (χ2n) is 6.13. The topological polar surface area (TPSA) is 85.3 Å². The molecule has 2 atom stereocenters. The summed E-state index contributed by atoms with van der Waals surface area (Å²) in [4.78, 5) is 8.59. The predicted molar refractivity (Wildman–Crippen MR) is 97.4 cm³/mol. The Hall–Kier alpha value is -2.48. The third-order valence-electron chi connectivity index (χ3n) is 4.33. The largest absolute Gasteiger partial charge is 0.394 e. The number of imidazole rings is 2. The average molecular weight is 356 g/mol. The van der Waals surface area contributed by atoms with Crippen molar-refractivity contribution < 1.29 is 14.9 Å². The summed E-state index contributed by atoms with van der Waals surface area (Å²) < 4.78 is 9.56. The molecule has 0 aliphatic heterocycles. The molecule has 0 fully saturated rings. The molecule has 2 aromatic heterocycles. The number of nitrogens with zero attached hydrogens (tertiary/aromatic N) is 4. The van der Waals surface area contributed by atoms with Crippen LogP contribution in [0.2, 0.25) is 0 Å². The third-order valence-corrected chi connectivity index (χ3v) is 4.33. The first-order valence-electron chi connectivity index (χ1n) is 8.62. The van der Waals surface area contributed by atoms with Crippen LogP contribution in [0.1, 0.15) is 5.82 Å². The number of aliphatic hydroxyl groups excluding tert-OH is 2. The summed E-state index contributed by atoms with van der Waals surface area (Å²) in [6, 6.07) is 9.93. The normalized spacial score (nSPS) is 13.7. The highest BCUT2D eigenvalue weighted by Gasteiger charge is 2.21. The van der Waals surface area contributed by atoms with Gasteiger partial charge in [-0.05, 0) is 0 Å². The molecule has 0 aliphatic rings. The van der Waals surface area contributed by atoms with E-state index in [1.54, 1.807) is 12.4 Å². The molecule has 7 nitrogen and oxygen atoms in total. The summed E-state index contributed by atoms with van der Waals surface area (Å²) >= 11 is 0. The number of hydrogen-bond donors (Lipinski definition) is 2. The summed E-state index contributed by atoms with van der Waals surface area (Å²) in [6.45, 7) is 0.690. The fourth-order valence-corrected chi connectivity index (χ4v) is 2.84. The van der Waals surface area contributed by atoms with Gasteiger partial charge >= 0.3 is 0 Å². The summed E-state index contributed by atoms with van der Waals surface area (Å²) in [5.74, 6) is 1.61. The van der Waals surface area contributed by atoms with Gasteiger partial charge < -0.3 is 24.1 Å². The van der Waals surface area contributed by atoms with E-state index < -0.39 is 12.2 Å². The lowest BCUT2D eigenvalue weighted by molar-refractivity contribution is -0.0652. The molecule has 26 heavy (non-hydrogen) atoms. The smallest absolute Gasteiger partial charge is 0.139 e. The minimum absolute atomic E-state index is 0.249. The summed E-state index contributed by atoms with van der Waals surface area (Å²) in [5.41, 5.74) is 1.03. The van der Waals surface area contributed by atoms with Gasteiger partial charge in [0.05, 0.1) is 19.3 Å². The van der Waals surface area contributed by atoms with Gasteiger partial charge in [-0.3, -0.25) is 0 Å². The minimum atomic E-state index is -0.822. The standard InChI is InChI=1S/C19H24N4O3/c1-22-9-7-20-18(22)13-16(25)17(14-24)26-12-11-23-10-8-21-19(23)15-5-3-2-4-6-15/h2-10,16-17,24-25H,11-14H2,1H3. The Morgan fingerprint density at radius 2 is 1.88 bits per heavy atom. The van der Waals surface area contributed by atoms with Crippen LogP contribution in [-0.2, 0) is 24.8 Å². The van der Waals surface area contributed by atoms with Crippen molar-refractivity contribution in [2.45, 2.75) is 25.2 Å². The Morgan fingerprint density at radius 1 is 1.12 bits per heavy atom. The zero-order valence-electron chi connectivity index (χ0n) is 14.8. The zero-order valence-corrected chi connectivity index (χ0v) is 14.8. The Kier molecular flexibility index (Phi) is 6.17. The van der Waals surface area contributed by atoms with Crippen molar-refractivity contribution in [2.75, 3.05) is 13.2 Å². The molecule has 0 radical (unpaired) electrons. The number of rotatable bonds is 9. The van der Waals surface area contributed by atoms with Gasteiger partial charge in [0.2, 0.25) is 0 Å². The van der Waals surface area contributed by atoms with E-state index in [1.165, 1.54) is 0 Å². The van der Waals surface area contributed by atoms with Gasteiger partial charge in [0.15, 0.2) is 0 Å². The van der Waals surface area contributed by atoms with Crippen LogP contribution in [0.25, 0.3) is 11.4 Å². The summed E-state index contributed by atoms with van der Waals surface area (Å²) in [5, 5.41) is 19.9. The molecular weight excluding hydrogens is 332 g/mol. The molecular formula is C19H24N4O3. The molecule has 138 valence electrons. The van der Waals surface area contributed by atoms with Crippen LogP contribution in [0.4, 0.5) is 0 Å². The molecule has 7 heteroatoms. The van der Waals surface area contributed by atoms with E-state index in [0.29, 0.717) is 19.6 Å². The van der Waals surface area contributed by atoms with E-state index in [2.05, 4.69) is 9.97 Å². The van der Waals surface area contributed by atoms with Crippen molar-refractivity contribution in [3.05, 3.63) is 60.9 Å². The maximum absolute atomic E-state index is 10.3. The third kappa shape index (κ3) is 4.37. The molecule has 0 saturated carbocycles. The van der Waals surface area contributed by atoms with Crippen molar-refractivity contribution in [1.29, 1.82) is 0 Å². The van der Waals surface area contributed by atoms with E-state index in [1.807, 2.05) is 58.9 Å². The van der Waals surface area contributed by atoms with E-state index in [4.69, 9.17) is 4.74 Å². The van der Waals surface area contributed by atoms with Gasteiger partial charge in [0.1, 0.15) is 17.8 Å². The quantitative estimate of drug-likeness (QED) is 0.603. The van der Waals surface area contributed by atoms with E-state index >= 15 is 0 Å². The van der Waals surface area contributed by atoms with Crippen LogP contribution in [0.15, 0.2) is 55.1 Å². The molecule has 0 spiro atoms. The molecule has 0 amide bonds. The maximum Gasteiger partial charge on any atom is 0.139 e. The van der Waals surface area contributed by atoms with Gasteiger partial charge in [0, 0.05) is 50.4 Å². The maximum atomic E-state index is 10.3. The first-order chi connectivity index (χ1) is 12.7. The monoisotopic (exact) mass is 356 g/mol. The minimum Gasteiger partial charge on any atom is -0.394 e. The summed E-state index contributed by atoms with van der Waals surface area (Å²) in [6.07, 6.45) is 6.00. The van der Waals surface area contributed by atoms with Gasteiger partial charge in [-0.1, -0.05) is 30.3 Å². The number of ether oxygens (including phenoxy) is 1. The van der Waals surface area contributed by atoms with Crippen LogP contribution in [-0.4, -0.2) is 54.7 Å². The fraction of sp³-hybridized carbons (Fsp3) is 0.368. The van der Waals surface area contributed by atoms with Crippen LogP contribution in [0.5, 0.6) is 0 Å². The van der Waals surface area contributed by atoms with Crippen molar-refractivity contribution in [3.63, 3.8) is 0 Å². The van der Waals surface area contributed by atoms with Crippen molar-refractivity contribution in [3.8, 4) is 11.4 Å². The molecule has 0 aliphatic carbocycles. The van der Waals surface area contributed by atoms with Crippen LogP contribution in [0, 0.1) is 0 Å². The van der Waals surface area contributed by atoms with E-state index in [0.717, 1.165) is 17.2 Å². The van der Waals surface area contributed by atoms with Gasteiger partial charge in [0.25, 0.3) is 0 Å². The van der Waals surface area contributed by atoms with Crippen molar-refractivity contribution in [1.82, 2.24) is 19.1 Å². The first kappa shape index (κ1) is 18.3. The van der Waals surface area contributed by atoms with Crippen LogP contribution in [0.3, 0.4) is 0 Å². The molecule has 0 bridgehead atoms. The Balaban J connectivity index is 1.55. The van der Waals surface area contributed by atoms with Crippen LogP contribution < -0.4 is 0 Å². The van der Waals surface area contributed by atoms with Gasteiger partial charge in [-0.2, -0.15) is 0 Å². The van der Waals surface area contributed by atoms with Crippen LogP contribution >= 0.6 is 0 Å². The summed E-state index contributed by atoms with van der Waals surface area (Å²) in [7, 11) is 1.87. The van der Waals surface area contributed by atoms with E-state index in [-0.39, 0.29) is 6.61 Å². The van der Waals surface area contributed by atoms with E-state index in [9.17, 15) is 10.2 Å². The number of aryl methyl sites for hydroxylation is 1. The van der Waals surface area contributed by atoms with Crippen molar-refractivity contribution in [2.24, 2.45) is 7.05 Å². The second-order valence-corrected chi connectivity index (χ2v) is 6.13. The lowest BCUT2D eigenvalue weighted by Crippen LogP contribution is -2.35. The second kappa shape index (κ2) is 8.75. The lowest BCUT2D eigenvalue weighted by Gasteiger charge is -2.21. The highest BCUT2D eigenvalue weighted by Crippen LogP contribution is 2.16. The fourth-order valence-electron chi connectivity index (χ4n) is 2.84. The molecule has 2 N–H and O–H groups in total. The predicted octanol–water partition coefficient (Wildman–Crippen LogP) is 1.26. The Labute approximate surface area is 152 Å². The number of benzene rings is 1. The Morgan fingerprint density at radius 3 is 2.58 bits per heavy atom. The van der Waals surface area contributed by atoms with Gasteiger partial charge in [-0.25, -0.2) is 9.97 Å². The molecule has 2 unspecified atom stereocenters. The highest BCUT2D eigenvalue weighted by atomic mass is 16.5. The number of aromatic nitrogens is 4. The number of aliphatic hydroxyl groups is 2. The number of hydrogen-bond acceptors (Lipinski definition) is 5. The Bertz CT molecular complexity index is 800. The molecule has 1 aromatic carbocycles. The SMILES string of the molecule is Cn1ccnc1CC(O)C(CO)OCCn1ccnc1-c1ccccc1. The average Bonchev–Trinajstić information content (AvgIpc) is 3.29. The molecule has 3 rings (SSSR count). The molecule has 0 saturated heterocycles. The lowest BCUT2D eigenvalue weighted by atomic mass is 10.1. The highest BCUT2D eigenvalue weighted by molar-refractivity contribution is 5.55.